The van der Waals surface area contributed by atoms with Crippen molar-refractivity contribution in [2.45, 2.75) is 26.4 Å². The molecule has 0 saturated carbocycles. The first-order valence-electron chi connectivity index (χ1n) is 7.69. The lowest BCUT2D eigenvalue weighted by Gasteiger charge is -2.36. The molecule has 3 rings (SSSR count). The van der Waals surface area contributed by atoms with Gasteiger partial charge in [-0.25, -0.2) is 9.78 Å². The zero-order chi connectivity index (χ0) is 16.6. The molecule has 23 heavy (non-hydrogen) atoms. The molecule has 1 aliphatic rings. The number of carbonyl (C=O) groups excluding carboxylic acids is 1. The van der Waals surface area contributed by atoms with Crippen LogP contribution in [-0.4, -0.2) is 52.2 Å². The fraction of sp³-hybridized carbons (Fsp3) is 0.500. The molecule has 0 bridgehead atoms. The number of hydrogen-bond donors (Lipinski definition) is 0. The number of fused-ring (bicyclic) bond motifs is 1. The Morgan fingerprint density at radius 3 is 2.61 bits per heavy atom. The lowest BCUT2D eigenvalue weighted by Crippen LogP contribution is -2.50. The molecule has 0 spiro atoms. The molecule has 1 aliphatic heterocycles. The third kappa shape index (κ3) is 3.70. The monoisotopic (exact) mass is 428 g/mol. The molecule has 0 N–H and O–H groups in total. The van der Waals surface area contributed by atoms with Gasteiger partial charge < -0.3 is 14.5 Å². The van der Waals surface area contributed by atoms with Crippen molar-refractivity contribution in [3.8, 4) is 0 Å². The van der Waals surface area contributed by atoms with E-state index in [2.05, 4.69) is 49.0 Å². The van der Waals surface area contributed by atoms with Gasteiger partial charge in [-0.15, -0.1) is 0 Å². The molecule has 1 fully saturated rings. The van der Waals surface area contributed by atoms with Gasteiger partial charge in [0.15, 0.2) is 0 Å². The molecular weight excluding hydrogens is 407 g/mol. The van der Waals surface area contributed by atoms with Crippen molar-refractivity contribution in [3.63, 3.8) is 0 Å². The zero-order valence-corrected chi connectivity index (χ0v) is 15.8. The third-order valence-corrected chi connectivity index (χ3v) is 4.55. The summed E-state index contributed by atoms with van der Waals surface area (Å²) in [6, 6.07) is 4.19. The number of piperazine rings is 1. The minimum Gasteiger partial charge on any atom is -0.444 e. The predicted molar refractivity (Wildman–Crippen MR) is 97.9 cm³/mol. The van der Waals surface area contributed by atoms with Crippen LogP contribution in [0.4, 0.5) is 10.5 Å². The summed E-state index contributed by atoms with van der Waals surface area (Å²) in [5.74, 6) is 0. The van der Waals surface area contributed by atoms with Crippen molar-refractivity contribution >= 4 is 40.0 Å². The van der Waals surface area contributed by atoms with Gasteiger partial charge >= 0.3 is 6.09 Å². The van der Waals surface area contributed by atoms with Gasteiger partial charge in [0.25, 0.3) is 0 Å². The van der Waals surface area contributed by atoms with E-state index < -0.39 is 5.60 Å². The van der Waals surface area contributed by atoms with Crippen LogP contribution in [0.3, 0.4) is 0 Å². The van der Waals surface area contributed by atoms with Crippen LogP contribution in [0.5, 0.6) is 0 Å². The van der Waals surface area contributed by atoms with Gasteiger partial charge in [-0.3, -0.25) is 4.40 Å². The Balaban J connectivity index is 1.65. The van der Waals surface area contributed by atoms with E-state index in [1.54, 1.807) is 4.90 Å². The summed E-state index contributed by atoms with van der Waals surface area (Å²) >= 11 is 2.27. The lowest BCUT2D eigenvalue weighted by molar-refractivity contribution is 0.0240. The van der Waals surface area contributed by atoms with Crippen LogP contribution in [0, 0.1) is 3.70 Å². The minimum atomic E-state index is -0.447. The van der Waals surface area contributed by atoms with Gasteiger partial charge in [0.1, 0.15) is 14.9 Å². The number of ether oxygens (including phenoxy) is 1. The molecule has 0 aromatic carbocycles. The Bertz CT molecular complexity index is 714. The van der Waals surface area contributed by atoms with E-state index in [9.17, 15) is 4.79 Å². The number of rotatable bonds is 1. The zero-order valence-electron chi connectivity index (χ0n) is 13.6. The maximum Gasteiger partial charge on any atom is 0.410 e. The largest absolute Gasteiger partial charge is 0.444 e. The van der Waals surface area contributed by atoms with Crippen LogP contribution in [0.1, 0.15) is 20.8 Å². The quantitative estimate of drug-likeness (QED) is 0.656. The highest BCUT2D eigenvalue weighted by molar-refractivity contribution is 14.1. The fourth-order valence-electron chi connectivity index (χ4n) is 2.61. The SMILES string of the molecule is CC(C)(C)OC(=O)N1CCN(c2ccn3c(I)cnc3c2)CC1. The van der Waals surface area contributed by atoms with Crippen molar-refractivity contribution in [2.75, 3.05) is 31.1 Å². The van der Waals surface area contributed by atoms with Crippen molar-refractivity contribution in [3.05, 3.63) is 28.2 Å². The van der Waals surface area contributed by atoms with Crippen molar-refractivity contribution in [2.24, 2.45) is 0 Å². The maximum atomic E-state index is 12.1. The third-order valence-electron chi connectivity index (χ3n) is 3.75. The maximum absolute atomic E-state index is 12.1. The summed E-state index contributed by atoms with van der Waals surface area (Å²) < 4.78 is 8.59. The number of aromatic nitrogens is 2. The first kappa shape index (κ1) is 16.4. The molecular formula is C16H21IN4O2. The van der Waals surface area contributed by atoms with Crippen LogP contribution in [0.25, 0.3) is 5.65 Å². The molecule has 0 unspecified atom stereocenters. The number of pyridine rings is 1. The second-order valence-electron chi connectivity index (χ2n) is 6.65. The van der Waals surface area contributed by atoms with Crippen LogP contribution >= 0.6 is 22.6 Å². The van der Waals surface area contributed by atoms with Crippen molar-refractivity contribution in [1.82, 2.24) is 14.3 Å². The fourth-order valence-corrected chi connectivity index (χ4v) is 3.16. The normalized spacial score (nSPS) is 16.0. The van der Waals surface area contributed by atoms with Gasteiger partial charge in [-0.2, -0.15) is 0 Å². The molecule has 7 heteroatoms. The Morgan fingerprint density at radius 2 is 1.96 bits per heavy atom. The first-order valence-corrected chi connectivity index (χ1v) is 8.77. The molecule has 1 amide bonds. The van der Waals surface area contributed by atoms with E-state index in [0.717, 1.165) is 28.1 Å². The smallest absolute Gasteiger partial charge is 0.410 e. The summed E-state index contributed by atoms with van der Waals surface area (Å²) in [7, 11) is 0. The number of hydrogen-bond acceptors (Lipinski definition) is 4. The topological polar surface area (TPSA) is 50.1 Å². The summed E-state index contributed by atoms with van der Waals surface area (Å²) in [6.45, 7) is 8.62. The van der Waals surface area contributed by atoms with E-state index >= 15 is 0 Å². The van der Waals surface area contributed by atoms with Gasteiger partial charge in [0, 0.05) is 44.1 Å². The van der Waals surface area contributed by atoms with Gasteiger partial charge in [0.2, 0.25) is 0 Å². The van der Waals surface area contributed by atoms with Gasteiger partial charge in [0.05, 0.1) is 6.20 Å². The molecule has 0 radical (unpaired) electrons. The number of anilines is 1. The lowest BCUT2D eigenvalue weighted by atomic mass is 10.2. The van der Waals surface area contributed by atoms with E-state index in [0.29, 0.717) is 13.1 Å². The number of carbonyl (C=O) groups is 1. The highest BCUT2D eigenvalue weighted by Crippen LogP contribution is 2.20. The van der Waals surface area contributed by atoms with E-state index in [1.807, 2.05) is 33.2 Å². The molecule has 2 aromatic rings. The number of imidazole rings is 1. The molecule has 0 aliphatic carbocycles. The van der Waals surface area contributed by atoms with Crippen molar-refractivity contribution < 1.29 is 9.53 Å². The van der Waals surface area contributed by atoms with E-state index in [1.165, 1.54) is 0 Å². The average molecular weight is 428 g/mol. The van der Waals surface area contributed by atoms with Crippen molar-refractivity contribution in [1.29, 1.82) is 0 Å². The first-order chi connectivity index (χ1) is 10.8. The van der Waals surface area contributed by atoms with Crippen LogP contribution in [0.15, 0.2) is 24.5 Å². The molecule has 2 aromatic heterocycles. The van der Waals surface area contributed by atoms with Crippen LogP contribution in [0.2, 0.25) is 0 Å². The predicted octanol–water partition coefficient (Wildman–Crippen LogP) is 3.00. The molecule has 3 heterocycles. The summed E-state index contributed by atoms with van der Waals surface area (Å²) in [4.78, 5) is 20.6. The van der Waals surface area contributed by atoms with Crippen LogP contribution < -0.4 is 4.90 Å². The summed E-state index contributed by atoms with van der Waals surface area (Å²) in [5.41, 5.74) is 1.64. The minimum absolute atomic E-state index is 0.226. The van der Waals surface area contributed by atoms with E-state index in [-0.39, 0.29) is 6.09 Å². The molecule has 124 valence electrons. The van der Waals surface area contributed by atoms with E-state index in [4.69, 9.17) is 4.74 Å². The highest BCUT2D eigenvalue weighted by Gasteiger charge is 2.26. The van der Waals surface area contributed by atoms with Crippen LogP contribution in [-0.2, 0) is 4.74 Å². The second-order valence-corrected chi connectivity index (χ2v) is 7.75. The molecule has 0 atom stereocenters. The van der Waals surface area contributed by atoms with Gasteiger partial charge in [-0.05, 0) is 49.4 Å². The standard InChI is InChI=1S/C16H21IN4O2/c1-16(2,3)23-15(22)20-8-6-19(7-9-20)12-4-5-21-13(17)11-18-14(21)10-12/h4-5,10-11H,6-9H2,1-3H3. The molecule has 1 saturated heterocycles. The number of nitrogens with zero attached hydrogens (tertiary/aromatic N) is 4. The Hall–Kier alpha value is -1.51. The highest BCUT2D eigenvalue weighted by atomic mass is 127. The number of halogens is 1. The Kier molecular flexibility index (Phi) is 4.39. The average Bonchev–Trinajstić information content (AvgIpc) is 2.87. The second kappa shape index (κ2) is 6.18. The Morgan fingerprint density at radius 1 is 1.26 bits per heavy atom. The number of amides is 1. The summed E-state index contributed by atoms with van der Waals surface area (Å²) in [6.07, 6.45) is 3.68. The Labute approximate surface area is 149 Å². The van der Waals surface area contributed by atoms with Gasteiger partial charge in [-0.1, -0.05) is 0 Å². The summed E-state index contributed by atoms with van der Waals surface area (Å²) in [5, 5.41) is 0. The molecule has 6 nitrogen and oxygen atoms in total.